The largest absolute Gasteiger partial charge is 0.461 e. The zero-order valence-electron chi connectivity index (χ0n) is 11.1. The van der Waals surface area contributed by atoms with Crippen molar-refractivity contribution < 1.29 is 13.9 Å². The van der Waals surface area contributed by atoms with Crippen LogP contribution in [0, 0.1) is 12.7 Å². The fourth-order valence-corrected chi connectivity index (χ4v) is 2.06. The molecule has 4 nitrogen and oxygen atoms in total. The average Bonchev–Trinajstić information content (AvgIpc) is 2.65. The van der Waals surface area contributed by atoms with Crippen LogP contribution < -0.4 is 0 Å². The predicted octanol–water partition coefficient (Wildman–Crippen LogP) is 2.71. The molecule has 0 unspecified atom stereocenters. The number of hydrogen-bond donors (Lipinski definition) is 0. The van der Waals surface area contributed by atoms with Gasteiger partial charge in [-0.25, -0.2) is 9.18 Å². The van der Waals surface area contributed by atoms with E-state index in [2.05, 4.69) is 5.10 Å². The summed E-state index contributed by atoms with van der Waals surface area (Å²) in [6.07, 6.45) is 0. The molecule has 0 atom stereocenters. The lowest BCUT2D eigenvalue weighted by Gasteiger charge is -2.03. The van der Waals surface area contributed by atoms with Gasteiger partial charge >= 0.3 is 5.97 Å². The van der Waals surface area contributed by atoms with E-state index in [1.807, 2.05) is 0 Å². The summed E-state index contributed by atoms with van der Waals surface area (Å²) < 4.78 is 19.8. The molecule has 0 fully saturated rings. The topological polar surface area (TPSA) is 44.1 Å². The maximum absolute atomic E-state index is 13.3. The fraction of sp³-hybridized carbons (Fsp3) is 0.286. The Labute approximate surface area is 110 Å². The number of benzene rings is 1. The highest BCUT2D eigenvalue weighted by Gasteiger charge is 2.20. The smallest absolute Gasteiger partial charge is 0.359 e. The first-order valence-corrected chi connectivity index (χ1v) is 6.01. The lowest BCUT2D eigenvalue weighted by atomic mass is 10.1. The molecule has 0 spiro atoms. The Morgan fingerprint density at radius 3 is 2.84 bits per heavy atom. The molecule has 1 aromatic heterocycles. The summed E-state index contributed by atoms with van der Waals surface area (Å²) in [5.41, 5.74) is 2.35. The molecule has 5 heteroatoms. The van der Waals surface area contributed by atoms with Crippen molar-refractivity contribution in [2.24, 2.45) is 7.05 Å². The second-order valence-electron chi connectivity index (χ2n) is 4.18. The highest BCUT2D eigenvalue weighted by atomic mass is 19.1. The average molecular weight is 262 g/mol. The fourth-order valence-electron chi connectivity index (χ4n) is 2.06. The molecule has 0 saturated carbocycles. The third-order valence-corrected chi connectivity index (χ3v) is 2.85. The van der Waals surface area contributed by atoms with E-state index in [1.54, 1.807) is 37.7 Å². The van der Waals surface area contributed by atoms with Crippen molar-refractivity contribution in [2.45, 2.75) is 13.8 Å². The van der Waals surface area contributed by atoms with Gasteiger partial charge in [-0.2, -0.15) is 5.10 Å². The summed E-state index contributed by atoms with van der Waals surface area (Å²) in [5, 5.41) is 4.15. The van der Waals surface area contributed by atoms with Crippen LogP contribution in [-0.4, -0.2) is 22.4 Å². The third-order valence-electron chi connectivity index (χ3n) is 2.85. The van der Waals surface area contributed by atoms with Crippen molar-refractivity contribution in [1.29, 1.82) is 0 Å². The monoisotopic (exact) mass is 262 g/mol. The number of nitrogens with zero attached hydrogens (tertiary/aromatic N) is 2. The summed E-state index contributed by atoms with van der Waals surface area (Å²) in [6.45, 7) is 3.81. The third kappa shape index (κ3) is 2.50. The number of aromatic nitrogens is 2. The van der Waals surface area contributed by atoms with Crippen molar-refractivity contribution in [2.75, 3.05) is 6.61 Å². The normalized spacial score (nSPS) is 10.5. The first-order chi connectivity index (χ1) is 9.04. The van der Waals surface area contributed by atoms with E-state index in [-0.39, 0.29) is 11.5 Å². The second kappa shape index (κ2) is 5.22. The second-order valence-corrected chi connectivity index (χ2v) is 4.18. The van der Waals surface area contributed by atoms with E-state index >= 15 is 0 Å². The molecule has 100 valence electrons. The Bertz CT molecular complexity index is 620. The molecule has 0 aliphatic carbocycles. The van der Waals surface area contributed by atoms with Crippen LogP contribution in [0.2, 0.25) is 0 Å². The van der Waals surface area contributed by atoms with E-state index in [1.165, 1.54) is 12.1 Å². The van der Waals surface area contributed by atoms with Crippen molar-refractivity contribution in [3.8, 4) is 11.3 Å². The molecule has 0 aliphatic rings. The van der Waals surface area contributed by atoms with Gasteiger partial charge in [-0.05, 0) is 26.0 Å². The van der Waals surface area contributed by atoms with Gasteiger partial charge in [0.15, 0.2) is 5.69 Å². The minimum atomic E-state index is -0.460. The van der Waals surface area contributed by atoms with Crippen molar-refractivity contribution in [1.82, 2.24) is 9.78 Å². The zero-order chi connectivity index (χ0) is 14.0. The van der Waals surface area contributed by atoms with Gasteiger partial charge in [-0.3, -0.25) is 4.68 Å². The highest BCUT2D eigenvalue weighted by molar-refractivity contribution is 5.91. The summed E-state index contributed by atoms with van der Waals surface area (Å²) >= 11 is 0. The van der Waals surface area contributed by atoms with Crippen LogP contribution in [-0.2, 0) is 11.8 Å². The number of hydrogen-bond acceptors (Lipinski definition) is 3. The maximum atomic E-state index is 13.3. The van der Waals surface area contributed by atoms with Crippen molar-refractivity contribution >= 4 is 5.97 Å². The number of esters is 1. The van der Waals surface area contributed by atoms with E-state index in [9.17, 15) is 9.18 Å². The van der Waals surface area contributed by atoms with Crippen molar-refractivity contribution in [3.05, 3.63) is 41.3 Å². The van der Waals surface area contributed by atoms with Gasteiger partial charge in [0.2, 0.25) is 0 Å². The predicted molar refractivity (Wildman–Crippen MR) is 69.3 cm³/mol. The van der Waals surface area contributed by atoms with Crippen LogP contribution >= 0.6 is 0 Å². The lowest BCUT2D eigenvalue weighted by molar-refractivity contribution is 0.0518. The molecule has 1 aromatic carbocycles. The molecular formula is C14H15FN2O2. The van der Waals surface area contributed by atoms with Crippen LogP contribution in [0.5, 0.6) is 0 Å². The van der Waals surface area contributed by atoms with Gasteiger partial charge in [0.1, 0.15) is 5.82 Å². The van der Waals surface area contributed by atoms with Crippen LogP contribution in [0.4, 0.5) is 4.39 Å². The zero-order valence-corrected chi connectivity index (χ0v) is 11.1. The quantitative estimate of drug-likeness (QED) is 0.799. The summed E-state index contributed by atoms with van der Waals surface area (Å²) in [4.78, 5) is 11.8. The molecule has 0 amide bonds. The van der Waals surface area contributed by atoms with Gasteiger partial charge in [-0.1, -0.05) is 12.1 Å². The number of carbonyl (C=O) groups is 1. The molecule has 1 heterocycles. The SMILES string of the molecule is CCOC(=O)c1nn(C)c(-c2cccc(F)c2)c1C. The standard InChI is InChI=1S/C14H15FN2O2/c1-4-19-14(18)12-9(2)13(17(3)16-12)10-6-5-7-11(15)8-10/h5-8H,4H2,1-3H3. The molecule has 0 bridgehead atoms. The Hall–Kier alpha value is -2.17. The first kappa shape index (κ1) is 13.3. The number of halogens is 1. The molecule has 0 aliphatic heterocycles. The molecule has 0 N–H and O–H groups in total. The molecular weight excluding hydrogens is 247 g/mol. The molecule has 0 radical (unpaired) electrons. The van der Waals surface area contributed by atoms with Crippen LogP contribution in [0.15, 0.2) is 24.3 Å². The number of carbonyl (C=O) groups excluding carboxylic acids is 1. The van der Waals surface area contributed by atoms with E-state index < -0.39 is 5.97 Å². The van der Waals surface area contributed by atoms with Crippen LogP contribution in [0.25, 0.3) is 11.3 Å². The van der Waals surface area contributed by atoms with Gasteiger partial charge in [-0.15, -0.1) is 0 Å². The van der Waals surface area contributed by atoms with E-state index in [4.69, 9.17) is 4.74 Å². The molecule has 2 rings (SSSR count). The summed E-state index contributed by atoms with van der Waals surface area (Å²) in [7, 11) is 1.72. The first-order valence-electron chi connectivity index (χ1n) is 6.01. The Morgan fingerprint density at radius 1 is 1.47 bits per heavy atom. The number of aryl methyl sites for hydroxylation is 1. The van der Waals surface area contributed by atoms with Gasteiger partial charge in [0, 0.05) is 18.2 Å². The Morgan fingerprint density at radius 2 is 2.21 bits per heavy atom. The van der Waals surface area contributed by atoms with Gasteiger partial charge in [0.25, 0.3) is 0 Å². The highest BCUT2D eigenvalue weighted by Crippen LogP contribution is 2.26. The summed E-state index contributed by atoms with van der Waals surface area (Å²) in [5.74, 6) is -0.783. The van der Waals surface area contributed by atoms with Gasteiger partial charge < -0.3 is 4.74 Å². The van der Waals surface area contributed by atoms with E-state index in [0.717, 1.165) is 0 Å². The summed E-state index contributed by atoms with van der Waals surface area (Å²) in [6, 6.07) is 6.20. The molecule has 0 saturated heterocycles. The van der Waals surface area contributed by atoms with Gasteiger partial charge in [0.05, 0.1) is 12.3 Å². The van der Waals surface area contributed by atoms with Crippen molar-refractivity contribution in [3.63, 3.8) is 0 Å². The Kier molecular flexibility index (Phi) is 3.64. The van der Waals surface area contributed by atoms with Crippen LogP contribution in [0.1, 0.15) is 23.0 Å². The molecule has 19 heavy (non-hydrogen) atoms. The maximum Gasteiger partial charge on any atom is 0.359 e. The number of ether oxygens (including phenoxy) is 1. The van der Waals surface area contributed by atoms with Crippen LogP contribution in [0.3, 0.4) is 0 Å². The Balaban J connectivity index is 2.51. The minimum absolute atomic E-state index is 0.267. The van der Waals surface area contributed by atoms with E-state index in [0.29, 0.717) is 23.4 Å². The number of rotatable bonds is 3. The lowest BCUT2D eigenvalue weighted by Crippen LogP contribution is -2.07. The molecule has 2 aromatic rings. The minimum Gasteiger partial charge on any atom is -0.461 e.